The van der Waals surface area contributed by atoms with Crippen LogP contribution in [-0.2, 0) is 17.9 Å². The summed E-state index contributed by atoms with van der Waals surface area (Å²) in [5, 5.41) is 1.64. The van der Waals surface area contributed by atoms with Crippen molar-refractivity contribution in [1.82, 2.24) is 5.32 Å². The summed E-state index contributed by atoms with van der Waals surface area (Å²) in [7, 11) is 0. The zero-order valence-electron chi connectivity index (χ0n) is 10.6. The molecule has 0 saturated carbocycles. The largest absolute Gasteiger partial charge is 0.409 e. The van der Waals surface area contributed by atoms with E-state index in [1.807, 2.05) is 0 Å². The van der Waals surface area contributed by atoms with Gasteiger partial charge in [-0.25, -0.2) is 0 Å². The predicted octanol–water partition coefficient (Wildman–Crippen LogP) is 2.50. The Labute approximate surface area is 116 Å². The first kappa shape index (κ1) is 17.3. The maximum Gasteiger partial charge on any atom is 0.409 e. The molecule has 21 heavy (non-hydrogen) atoms. The van der Waals surface area contributed by atoms with Gasteiger partial charge in [-0.05, 0) is 11.1 Å². The summed E-state index contributed by atoms with van der Waals surface area (Å²) in [6, 6.07) is 6.04. The summed E-state index contributed by atoms with van der Waals surface area (Å²) in [5.74, 6) is -6.16. The van der Waals surface area contributed by atoms with Gasteiger partial charge in [-0.3, -0.25) is 4.79 Å². The zero-order valence-corrected chi connectivity index (χ0v) is 10.6. The van der Waals surface area contributed by atoms with Crippen LogP contribution >= 0.6 is 0 Å². The fourth-order valence-electron chi connectivity index (χ4n) is 1.57. The van der Waals surface area contributed by atoms with Gasteiger partial charge in [-0.15, -0.1) is 0 Å². The molecule has 0 aromatic heterocycles. The Morgan fingerprint density at radius 3 is 1.81 bits per heavy atom. The maximum atomic E-state index is 12.3. The SMILES string of the molecule is NCc1ccc(CNC(=O)C(C(F)(F)F)C(F)(F)F)cc1. The molecule has 1 rings (SSSR count). The van der Waals surface area contributed by atoms with Crippen LogP contribution in [0.5, 0.6) is 0 Å². The van der Waals surface area contributed by atoms with Gasteiger partial charge in [0.1, 0.15) is 0 Å². The Morgan fingerprint density at radius 1 is 1.00 bits per heavy atom. The van der Waals surface area contributed by atoms with Crippen molar-refractivity contribution in [2.24, 2.45) is 11.7 Å². The van der Waals surface area contributed by atoms with Crippen molar-refractivity contribution < 1.29 is 31.1 Å². The van der Waals surface area contributed by atoms with Gasteiger partial charge in [0.05, 0.1) is 0 Å². The van der Waals surface area contributed by atoms with E-state index in [1.165, 1.54) is 12.1 Å². The zero-order chi connectivity index (χ0) is 16.3. The number of halogens is 6. The molecule has 0 fully saturated rings. The van der Waals surface area contributed by atoms with Crippen LogP contribution in [0.25, 0.3) is 0 Å². The number of amides is 1. The van der Waals surface area contributed by atoms with Crippen LogP contribution in [0, 0.1) is 5.92 Å². The minimum atomic E-state index is -5.69. The standard InChI is InChI=1S/C12H12F6N2O/c13-11(14,15)9(12(16,17)18)10(21)20-6-8-3-1-7(5-19)2-4-8/h1-4,9H,5-6,19H2,(H,20,21). The van der Waals surface area contributed by atoms with Crippen LogP contribution < -0.4 is 11.1 Å². The number of hydrogen-bond acceptors (Lipinski definition) is 2. The van der Waals surface area contributed by atoms with Crippen LogP contribution in [0.4, 0.5) is 26.3 Å². The monoisotopic (exact) mass is 314 g/mol. The average Bonchev–Trinajstić information content (AvgIpc) is 2.33. The van der Waals surface area contributed by atoms with Crippen LogP contribution in [0.15, 0.2) is 24.3 Å². The van der Waals surface area contributed by atoms with Gasteiger partial charge in [0.15, 0.2) is 0 Å². The molecule has 0 saturated heterocycles. The molecule has 118 valence electrons. The van der Waals surface area contributed by atoms with E-state index in [2.05, 4.69) is 0 Å². The molecule has 0 unspecified atom stereocenters. The normalized spacial score (nSPS) is 12.6. The molecule has 0 aliphatic heterocycles. The minimum absolute atomic E-state index is 0.247. The Bertz CT molecular complexity index is 466. The van der Waals surface area contributed by atoms with Gasteiger partial charge in [0, 0.05) is 13.1 Å². The third kappa shape index (κ3) is 4.92. The van der Waals surface area contributed by atoms with Crippen molar-refractivity contribution in [2.75, 3.05) is 0 Å². The number of carbonyl (C=O) groups is 1. The molecule has 0 heterocycles. The van der Waals surface area contributed by atoms with E-state index in [4.69, 9.17) is 5.73 Å². The second-order valence-electron chi connectivity index (χ2n) is 4.25. The van der Waals surface area contributed by atoms with Crippen LogP contribution in [0.3, 0.4) is 0 Å². The smallest absolute Gasteiger partial charge is 0.351 e. The molecule has 9 heteroatoms. The lowest BCUT2D eigenvalue weighted by molar-refractivity contribution is -0.274. The second kappa shape index (κ2) is 6.33. The Hall–Kier alpha value is -1.77. The minimum Gasteiger partial charge on any atom is -0.351 e. The van der Waals surface area contributed by atoms with Crippen molar-refractivity contribution in [1.29, 1.82) is 0 Å². The average molecular weight is 314 g/mol. The van der Waals surface area contributed by atoms with Crippen molar-refractivity contribution in [2.45, 2.75) is 25.4 Å². The molecule has 1 aromatic carbocycles. The molecular weight excluding hydrogens is 302 g/mol. The fourth-order valence-corrected chi connectivity index (χ4v) is 1.57. The van der Waals surface area contributed by atoms with Crippen LogP contribution in [0.1, 0.15) is 11.1 Å². The highest BCUT2D eigenvalue weighted by Gasteiger charge is 2.60. The van der Waals surface area contributed by atoms with Gasteiger partial charge < -0.3 is 11.1 Å². The number of hydrogen-bond donors (Lipinski definition) is 2. The summed E-state index contributed by atoms with van der Waals surface area (Å²) in [4.78, 5) is 11.2. The molecule has 1 amide bonds. The van der Waals surface area contributed by atoms with Gasteiger partial charge in [0.2, 0.25) is 11.8 Å². The molecule has 0 atom stereocenters. The third-order valence-electron chi connectivity index (χ3n) is 2.64. The number of alkyl halides is 6. The number of nitrogens with one attached hydrogen (secondary N) is 1. The third-order valence-corrected chi connectivity index (χ3v) is 2.64. The van der Waals surface area contributed by atoms with Crippen LogP contribution in [0.2, 0.25) is 0 Å². The van der Waals surface area contributed by atoms with Crippen molar-refractivity contribution in [3.05, 3.63) is 35.4 Å². The molecule has 0 aliphatic rings. The summed E-state index contributed by atoms with van der Waals surface area (Å²) < 4.78 is 73.8. The topological polar surface area (TPSA) is 55.1 Å². The highest BCUT2D eigenvalue weighted by atomic mass is 19.4. The molecule has 0 spiro atoms. The Morgan fingerprint density at radius 2 is 1.43 bits per heavy atom. The summed E-state index contributed by atoms with van der Waals surface area (Å²) in [5.41, 5.74) is 6.45. The summed E-state index contributed by atoms with van der Waals surface area (Å²) >= 11 is 0. The number of carbonyl (C=O) groups excluding carboxylic acids is 1. The first-order chi connectivity index (χ1) is 9.55. The molecule has 1 aromatic rings. The van der Waals surface area contributed by atoms with E-state index in [-0.39, 0.29) is 6.54 Å². The first-order valence-corrected chi connectivity index (χ1v) is 5.74. The van der Waals surface area contributed by atoms with Crippen molar-refractivity contribution >= 4 is 5.91 Å². The first-order valence-electron chi connectivity index (χ1n) is 5.74. The summed E-state index contributed by atoms with van der Waals surface area (Å²) in [6.45, 7) is -0.191. The van der Waals surface area contributed by atoms with E-state index < -0.39 is 30.7 Å². The molecular formula is C12H12F6N2O. The van der Waals surface area contributed by atoms with E-state index in [0.717, 1.165) is 5.56 Å². The number of benzene rings is 1. The van der Waals surface area contributed by atoms with Crippen molar-refractivity contribution in [3.8, 4) is 0 Å². The molecule has 3 N–H and O–H groups in total. The second-order valence-corrected chi connectivity index (χ2v) is 4.25. The molecule has 0 radical (unpaired) electrons. The van der Waals surface area contributed by atoms with Crippen molar-refractivity contribution in [3.63, 3.8) is 0 Å². The molecule has 0 aliphatic carbocycles. The maximum absolute atomic E-state index is 12.3. The lowest BCUT2D eigenvalue weighted by Gasteiger charge is -2.22. The van der Waals surface area contributed by atoms with E-state index in [9.17, 15) is 31.1 Å². The van der Waals surface area contributed by atoms with Gasteiger partial charge >= 0.3 is 12.4 Å². The van der Waals surface area contributed by atoms with Crippen LogP contribution in [-0.4, -0.2) is 18.3 Å². The lowest BCUT2D eigenvalue weighted by Crippen LogP contribution is -2.47. The van der Waals surface area contributed by atoms with E-state index in [1.54, 1.807) is 17.4 Å². The Kier molecular flexibility index (Phi) is 5.21. The number of nitrogens with two attached hydrogens (primary N) is 1. The van der Waals surface area contributed by atoms with E-state index in [0.29, 0.717) is 5.56 Å². The highest BCUT2D eigenvalue weighted by molar-refractivity contribution is 5.80. The van der Waals surface area contributed by atoms with Gasteiger partial charge in [-0.1, -0.05) is 24.3 Å². The lowest BCUT2D eigenvalue weighted by atomic mass is 10.1. The summed E-state index contributed by atoms with van der Waals surface area (Å²) in [6.07, 6.45) is -11.4. The Balaban J connectivity index is 2.74. The van der Waals surface area contributed by atoms with Gasteiger partial charge in [0.25, 0.3) is 0 Å². The van der Waals surface area contributed by atoms with Gasteiger partial charge in [-0.2, -0.15) is 26.3 Å². The quantitative estimate of drug-likeness (QED) is 0.839. The highest BCUT2D eigenvalue weighted by Crippen LogP contribution is 2.39. The predicted molar refractivity (Wildman–Crippen MR) is 61.8 cm³/mol. The number of rotatable bonds is 4. The molecule has 3 nitrogen and oxygen atoms in total. The molecule has 0 bridgehead atoms. The van der Waals surface area contributed by atoms with E-state index >= 15 is 0 Å². The fraction of sp³-hybridized carbons (Fsp3) is 0.417.